The van der Waals surface area contributed by atoms with Crippen LogP contribution in [0, 0.1) is 10.8 Å². The molecule has 48 heavy (non-hydrogen) atoms. The first kappa shape index (κ1) is 36.2. The van der Waals surface area contributed by atoms with Gasteiger partial charge in [-0.2, -0.15) is 0 Å². The molecule has 2 aliphatic heterocycles. The average molecular weight is 665 g/mol. The molecule has 0 spiro atoms. The number of fused-ring (bicyclic) bond motifs is 1. The summed E-state index contributed by atoms with van der Waals surface area (Å²) >= 11 is 0. The Morgan fingerprint density at radius 1 is 0.938 bits per heavy atom. The summed E-state index contributed by atoms with van der Waals surface area (Å²) in [5.41, 5.74) is 2.47. The van der Waals surface area contributed by atoms with E-state index in [1.165, 1.54) is 0 Å². The van der Waals surface area contributed by atoms with Gasteiger partial charge in [0, 0.05) is 43.4 Å². The van der Waals surface area contributed by atoms with Crippen molar-refractivity contribution in [1.29, 1.82) is 5.41 Å². The van der Waals surface area contributed by atoms with E-state index >= 15 is 0 Å². The number of anilines is 1. The number of nitrogens with zero attached hydrogens (tertiary/aromatic N) is 2. The van der Waals surface area contributed by atoms with E-state index in [-0.39, 0.29) is 24.1 Å². The minimum absolute atomic E-state index is 0.0460. The molecule has 2 heterocycles. The van der Waals surface area contributed by atoms with Crippen LogP contribution in [0.5, 0.6) is 11.5 Å². The van der Waals surface area contributed by atoms with E-state index in [9.17, 15) is 19.2 Å². The van der Waals surface area contributed by atoms with Crippen molar-refractivity contribution in [3.63, 3.8) is 0 Å². The molecule has 4 rings (SSSR count). The lowest BCUT2D eigenvalue weighted by molar-refractivity contribution is -0.174. The van der Waals surface area contributed by atoms with Gasteiger partial charge in [-0.15, -0.1) is 0 Å². The molecule has 260 valence electrons. The Morgan fingerprint density at radius 3 is 2.23 bits per heavy atom. The van der Waals surface area contributed by atoms with E-state index in [1.807, 2.05) is 27.7 Å². The first-order valence-corrected chi connectivity index (χ1v) is 16.3. The second-order valence-corrected chi connectivity index (χ2v) is 14.1. The summed E-state index contributed by atoms with van der Waals surface area (Å²) < 4.78 is 22.0. The molecule has 12 nitrogen and oxygen atoms in total. The normalized spacial score (nSPS) is 14.5. The third-order valence-corrected chi connectivity index (χ3v) is 8.25. The van der Waals surface area contributed by atoms with Gasteiger partial charge in [-0.3, -0.25) is 19.8 Å². The molecular formula is C36H48N4O8. The summed E-state index contributed by atoms with van der Waals surface area (Å²) in [7, 11) is 1.54. The van der Waals surface area contributed by atoms with Crippen LogP contribution in [-0.4, -0.2) is 81.1 Å². The standard InChI is InChI=1S/C36H48N4O8/c1-9-45-29-16-23-18-40(32(37)24(23)17-25(29)33(43)38-8)19-28(41)22-14-26(35(2,3)4)31(27(15-22)39-12-10-11-13-39)46-20-30(42)47-21-48-34(44)36(5,6)7/h14-17,37H,9-13,18-21H2,1-8H3,(H,38,43). The first-order valence-electron chi connectivity index (χ1n) is 16.3. The second-order valence-electron chi connectivity index (χ2n) is 14.1. The highest BCUT2D eigenvalue weighted by molar-refractivity contribution is 6.08. The van der Waals surface area contributed by atoms with Crippen LogP contribution >= 0.6 is 0 Å². The highest BCUT2D eigenvalue weighted by Gasteiger charge is 2.32. The van der Waals surface area contributed by atoms with E-state index in [0.717, 1.165) is 37.1 Å². The van der Waals surface area contributed by atoms with Gasteiger partial charge < -0.3 is 34.1 Å². The number of Topliss-reactive ketones (excluding diaryl/α,β-unsaturated/α-hetero) is 1. The Bertz CT molecular complexity index is 1580. The number of amides is 1. The smallest absolute Gasteiger partial charge is 0.347 e. The lowest BCUT2D eigenvalue weighted by Crippen LogP contribution is -2.31. The van der Waals surface area contributed by atoms with Crippen LogP contribution in [-0.2, 0) is 31.0 Å². The molecule has 1 fully saturated rings. The molecule has 1 amide bonds. The quantitative estimate of drug-likeness (QED) is 0.184. The fourth-order valence-corrected chi connectivity index (χ4v) is 5.63. The van der Waals surface area contributed by atoms with E-state index in [4.69, 9.17) is 24.4 Å². The predicted molar refractivity (Wildman–Crippen MR) is 181 cm³/mol. The van der Waals surface area contributed by atoms with Crippen molar-refractivity contribution in [2.75, 3.05) is 51.6 Å². The molecule has 2 aromatic carbocycles. The number of ether oxygens (including phenoxy) is 4. The van der Waals surface area contributed by atoms with Gasteiger partial charge in [0.2, 0.25) is 6.79 Å². The van der Waals surface area contributed by atoms with Crippen molar-refractivity contribution in [2.45, 2.75) is 73.3 Å². The van der Waals surface area contributed by atoms with Crippen molar-refractivity contribution in [3.8, 4) is 11.5 Å². The molecule has 2 aromatic rings. The number of benzene rings is 2. The van der Waals surface area contributed by atoms with E-state index < -0.39 is 36.2 Å². The van der Waals surface area contributed by atoms with E-state index in [1.54, 1.807) is 57.0 Å². The van der Waals surface area contributed by atoms with Crippen LogP contribution in [0.4, 0.5) is 5.69 Å². The van der Waals surface area contributed by atoms with Crippen LogP contribution in [0.25, 0.3) is 0 Å². The maximum Gasteiger partial charge on any atom is 0.347 e. The Balaban J connectivity index is 1.58. The number of carbonyl (C=O) groups excluding carboxylic acids is 4. The number of nitrogens with one attached hydrogen (secondary N) is 2. The predicted octanol–water partition coefficient (Wildman–Crippen LogP) is 4.84. The van der Waals surface area contributed by atoms with Crippen LogP contribution in [0.15, 0.2) is 24.3 Å². The zero-order valence-electron chi connectivity index (χ0n) is 29.3. The monoisotopic (exact) mass is 664 g/mol. The molecule has 2 aliphatic rings. The van der Waals surface area contributed by atoms with E-state index in [0.29, 0.717) is 47.0 Å². The van der Waals surface area contributed by atoms with Crippen molar-refractivity contribution in [1.82, 2.24) is 10.2 Å². The zero-order valence-corrected chi connectivity index (χ0v) is 29.3. The van der Waals surface area contributed by atoms with E-state index in [2.05, 4.69) is 10.2 Å². The maximum atomic E-state index is 14.0. The number of hydrogen-bond acceptors (Lipinski definition) is 10. The molecule has 0 unspecified atom stereocenters. The van der Waals surface area contributed by atoms with Gasteiger partial charge in [-0.05, 0) is 75.8 Å². The number of esters is 2. The number of amidine groups is 1. The molecule has 12 heteroatoms. The van der Waals surface area contributed by atoms with Gasteiger partial charge >= 0.3 is 11.9 Å². The molecular weight excluding hydrogens is 616 g/mol. The molecule has 1 saturated heterocycles. The minimum Gasteiger partial charge on any atom is -0.493 e. The third kappa shape index (κ3) is 8.26. The Labute approximate surface area is 282 Å². The Morgan fingerprint density at radius 2 is 1.62 bits per heavy atom. The van der Waals surface area contributed by atoms with Gasteiger partial charge in [-0.25, -0.2) is 4.79 Å². The SMILES string of the molecule is CCOc1cc2c(cc1C(=O)NC)C(=N)N(CC(=O)c1cc(N3CCCC3)c(OCC(=O)OCOC(=O)C(C)(C)C)c(C(C)(C)C)c1)C2. The summed E-state index contributed by atoms with van der Waals surface area (Å²) in [5.74, 6) is -0.575. The van der Waals surface area contributed by atoms with Crippen molar-refractivity contribution in [2.24, 2.45) is 5.41 Å². The van der Waals surface area contributed by atoms with Crippen molar-refractivity contribution < 1.29 is 38.1 Å². The fraction of sp³-hybridized carbons (Fsp3) is 0.528. The zero-order chi connectivity index (χ0) is 35.4. The average Bonchev–Trinajstić information content (AvgIpc) is 3.66. The summed E-state index contributed by atoms with van der Waals surface area (Å²) in [4.78, 5) is 55.0. The van der Waals surface area contributed by atoms with Gasteiger partial charge in [0.15, 0.2) is 12.4 Å². The molecule has 0 bridgehead atoms. The Kier molecular flexibility index (Phi) is 11.1. The summed E-state index contributed by atoms with van der Waals surface area (Å²) in [5, 5.41) is 11.5. The number of rotatable bonds is 12. The molecule has 2 N–H and O–H groups in total. The highest BCUT2D eigenvalue weighted by Crippen LogP contribution is 2.42. The lowest BCUT2D eigenvalue weighted by atomic mass is 9.84. The third-order valence-electron chi connectivity index (χ3n) is 8.25. The number of hydrogen-bond donors (Lipinski definition) is 2. The summed E-state index contributed by atoms with van der Waals surface area (Å²) in [6, 6.07) is 7.04. The molecule has 0 saturated carbocycles. The van der Waals surface area contributed by atoms with Gasteiger partial charge in [0.25, 0.3) is 5.91 Å². The largest absolute Gasteiger partial charge is 0.493 e. The van der Waals surface area contributed by atoms with Crippen LogP contribution < -0.4 is 19.7 Å². The molecule has 0 radical (unpaired) electrons. The van der Waals surface area contributed by atoms with Crippen LogP contribution in [0.3, 0.4) is 0 Å². The maximum absolute atomic E-state index is 14.0. The molecule has 0 atom stereocenters. The lowest BCUT2D eigenvalue weighted by Gasteiger charge is -2.29. The number of carbonyl (C=O) groups is 4. The highest BCUT2D eigenvalue weighted by atomic mass is 16.7. The number of ketones is 1. The van der Waals surface area contributed by atoms with Crippen molar-refractivity contribution in [3.05, 3.63) is 52.1 Å². The fourth-order valence-electron chi connectivity index (χ4n) is 5.63. The van der Waals surface area contributed by atoms with Crippen LogP contribution in [0.2, 0.25) is 0 Å². The van der Waals surface area contributed by atoms with Gasteiger partial charge in [0.05, 0.1) is 29.8 Å². The molecule has 0 aliphatic carbocycles. The first-order chi connectivity index (χ1) is 22.5. The van der Waals surface area contributed by atoms with Crippen LogP contribution in [0.1, 0.15) is 98.7 Å². The molecule has 0 aromatic heterocycles. The second kappa shape index (κ2) is 14.7. The Hall–Kier alpha value is -4.61. The summed E-state index contributed by atoms with van der Waals surface area (Å²) in [6.45, 7) is 14.3. The van der Waals surface area contributed by atoms with Gasteiger partial charge in [0.1, 0.15) is 17.3 Å². The minimum atomic E-state index is -0.725. The topological polar surface area (TPSA) is 148 Å². The van der Waals surface area contributed by atoms with Crippen molar-refractivity contribution >= 4 is 35.2 Å². The summed E-state index contributed by atoms with van der Waals surface area (Å²) in [6.07, 6.45) is 1.96. The van der Waals surface area contributed by atoms with Gasteiger partial charge in [-0.1, -0.05) is 20.8 Å².